The van der Waals surface area contributed by atoms with Crippen LogP contribution >= 0.6 is 0 Å². The van der Waals surface area contributed by atoms with Crippen molar-refractivity contribution in [1.29, 1.82) is 0 Å². The second-order valence-electron chi connectivity index (χ2n) is 7.52. The van der Waals surface area contributed by atoms with E-state index in [1.165, 1.54) is 30.5 Å². The van der Waals surface area contributed by atoms with E-state index in [1.807, 2.05) is 18.7 Å². The highest BCUT2D eigenvalue weighted by atomic mass is 16.1. The van der Waals surface area contributed by atoms with E-state index >= 15 is 0 Å². The standard InChI is InChI=1S/C19H27N5O/c1-12-17-15(9-6-10-16(17)24(2)23-12)21-19(25)14-11-20-22-18(14)13-7-4-3-5-8-13/h11,13,15H,3-10H2,1-2H3,(H,20,22)(H,21,25). The molecule has 2 aromatic heterocycles. The Balaban J connectivity index is 1.55. The van der Waals surface area contributed by atoms with Crippen molar-refractivity contribution in [3.05, 3.63) is 34.4 Å². The molecule has 2 aliphatic carbocycles. The molecule has 2 N–H and O–H groups in total. The third-order valence-corrected chi connectivity index (χ3v) is 5.88. The number of hydrogen-bond acceptors (Lipinski definition) is 3. The van der Waals surface area contributed by atoms with Gasteiger partial charge in [-0.25, -0.2) is 0 Å². The third kappa shape index (κ3) is 2.98. The molecular weight excluding hydrogens is 314 g/mol. The van der Waals surface area contributed by atoms with Crippen LogP contribution in [0.1, 0.15) is 89.9 Å². The smallest absolute Gasteiger partial charge is 0.255 e. The molecule has 0 radical (unpaired) electrons. The van der Waals surface area contributed by atoms with Crippen LogP contribution in [0.2, 0.25) is 0 Å². The maximum atomic E-state index is 13.0. The van der Waals surface area contributed by atoms with Crippen LogP contribution < -0.4 is 5.32 Å². The van der Waals surface area contributed by atoms with Crippen LogP contribution in [0.3, 0.4) is 0 Å². The Morgan fingerprint density at radius 3 is 2.84 bits per heavy atom. The molecule has 1 saturated carbocycles. The number of aromatic nitrogens is 4. The molecule has 2 heterocycles. The summed E-state index contributed by atoms with van der Waals surface area (Å²) in [5.74, 6) is 0.439. The van der Waals surface area contributed by atoms with Crippen molar-refractivity contribution in [3.8, 4) is 0 Å². The van der Waals surface area contributed by atoms with E-state index in [0.29, 0.717) is 5.92 Å². The van der Waals surface area contributed by atoms with E-state index in [0.717, 1.165) is 49.1 Å². The summed E-state index contributed by atoms with van der Waals surface area (Å²) in [4.78, 5) is 13.0. The Morgan fingerprint density at radius 2 is 2.04 bits per heavy atom. The second kappa shape index (κ2) is 6.65. The summed E-state index contributed by atoms with van der Waals surface area (Å²) < 4.78 is 1.97. The van der Waals surface area contributed by atoms with Gasteiger partial charge < -0.3 is 5.32 Å². The number of rotatable bonds is 3. The Kier molecular flexibility index (Phi) is 4.36. The highest BCUT2D eigenvalue weighted by Crippen LogP contribution is 2.35. The first kappa shape index (κ1) is 16.4. The number of hydrogen-bond donors (Lipinski definition) is 2. The second-order valence-corrected chi connectivity index (χ2v) is 7.52. The maximum absolute atomic E-state index is 13.0. The number of aryl methyl sites for hydroxylation is 2. The zero-order valence-electron chi connectivity index (χ0n) is 15.1. The van der Waals surface area contributed by atoms with Crippen LogP contribution in [0.5, 0.6) is 0 Å². The summed E-state index contributed by atoms with van der Waals surface area (Å²) in [6.45, 7) is 2.04. The molecule has 2 aliphatic rings. The number of nitrogens with one attached hydrogen (secondary N) is 2. The highest BCUT2D eigenvalue weighted by Gasteiger charge is 2.29. The van der Waals surface area contributed by atoms with Crippen LogP contribution in [0.25, 0.3) is 0 Å². The third-order valence-electron chi connectivity index (χ3n) is 5.88. The van der Waals surface area contributed by atoms with Crippen LogP contribution in [0.15, 0.2) is 6.20 Å². The van der Waals surface area contributed by atoms with Crippen LogP contribution in [0, 0.1) is 6.92 Å². The van der Waals surface area contributed by atoms with Gasteiger partial charge in [-0.1, -0.05) is 19.3 Å². The SMILES string of the molecule is Cc1nn(C)c2c1C(NC(=O)c1cn[nH]c1C1CCCCC1)CCC2. The minimum atomic E-state index is -0.00423. The highest BCUT2D eigenvalue weighted by molar-refractivity contribution is 5.95. The number of carbonyl (C=O) groups is 1. The molecule has 0 bridgehead atoms. The van der Waals surface area contributed by atoms with Crippen molar-refractivity contribution in [2.45, 2.75) is 70.3 Å². The molecule has 0 spiro atoms. The normalized spacial score (nSPS) is 21.1. The predicted octanol–water partition coefficient (Wildman–Crippen LogP) is 3.31. The molecule has 0 aromatic carbocycles. The Morgan fingerprint density at radius 1 is 1.24 bits per heavy atom. The van der Waals surface area contributed by atoms with Crippen LogP contribution in [-0.4, -0.2) is 25.9 Å². The van der Waals surface area contributed by atoms with Gasteiger partial charge in [0, 0.05) is 24.2 Å². The average molecular weight is 341 g/mol. The van der Waals surface area contributed by atoms with Crippen molar-refractivity contribution >= 4 is 5.91 Å². The fraction of sp³-hybridized carbons (Fsp3) is 0.632. The summed E-state index contributed by atoms with van der Waals surface area (Å²) in [6, 6.07) is 0.0547. The molecular formula is C19H27N5O. The summed E-state index contributed by atoms with van der Waals surface area (Å²) in [5.41, 5.74) is 5.25. The molecule has 1 unspecified atom stereocenters. The minimum Gasteiger partial charge on any atom is -0.345 e. The summed E-state index contributed by atoms with van der Waals surface area (Å²) in [5, 5.41) is 15.1. The van der Waals surface area contributed by atoms with Crippen molar-refractivity contribution in [1.82, 2.24) is 25.3 Å². The first-order valence-electron chi connectivity index (χ1n) is 9.51. The molecule has 0 aliphatic heterocycles. The first-order valence-corrected chi connectivity index (χ1v) is 9.51. The molecule has 4 rings (SSSR count). The quantitative estimate of drug-likeness (QED) is 0.899. The van der Waals surface area contributed by atoms with Gasteiger partial charge >= 0.3 is 0 Å². The van der Waals surface area contributed by atoms with Crippen molar-refractivity contribution in [2.24, 2.45) is 7.05 Å². The molecule has 2 aromatic rings. The van der Waals surface area contributed by atoms with E-state index in [9.17, 15) is 4.79 Å². The summed E-state index contributed by atoms with van der Waals surface area (Å²) >= 11 is 0. The van der Waals surface area contributed by atoms with Crippen LogP contribution in [0.4, 0.5) is 0 Å². The van der Waals surface area contributed by atoms with Gasteiger partial charge in [0.2, 0.25) is 0 Å². The number of aromatic amines is 1. The molecule has 1 amide bonds. The molecule has 1 fully saturated rings. The summed E-state index contributed by atoms with van der Waals surface area (Å²) in [7, 11) is 1.99. The van der Waals surface area contributed by atoms with Gasteiger partial charge in [0.05, 0.1) is 29.2 Å². The van der Waals surface area contributed by atoms with Gasteiger partial charge in [0.25, 0.3) is 5.91 Å². The van der Waals surface area contributed by atoms with E-state index in [-0.39, 0.29) is 11.9 Å². The van der Waals surface area contributed by atoms with Crippen LogP contribution in [-0.2, 0) is 13.5 Å². The van der Waals surface area contributed by atoms with E-state index < -0.39 is 0 Å². The van der Waals surface area contributed by atoms with Gasteiger partial charge in [-0.2, -0.15) is 10.2 Å². The fourth-order valence-corrected chi connectivity index (χ4v) is 4.65. The zero-order valence-corrected chi connectivity index (χ0v) is 15.1. The van der Waals surface area contributed by atoms with Gasteiger partial charge in [-0.3, -0.25) is 14.6 Å². The predicted molar refractivity (Wildman–Crippen MR) is 95.5 cm³/mol. The average Bonchev–Trinajstić information content (AvgIpc) is 3.22. The molecule has 0 saturated heterocycles. The summed E-state index contributed by atoms with van der Waals surface area (Å²) in [6.07, 6.45) is 10.9. The lowest BCUT2D eigenvalue weighted by atomic mass is 9.85. The van der Waals surface area contributed by atoms with Crippen molar-refractivity contribution < 1.29 is 4.79 Å². The molecule has 1 atom stereocenters. The zero-order chi connectivity index (χ0) is 17.4. The lowest BCUT2D eigenvalue weighted by Crippen LogP contribution is -2.32. The van der Waals surface area contributed by atoms with E-state index in [4.69, 9.17) is 0 Å². The lowest BCUT2D eigenvalue weighted by Gasteiger charge is -2.25. The molecule has 134 valence electrons. The largest absolute Gasteiger partial charge is 0.345 e. The molecule has 25 heavy (non-hydrogen) atoms. The lowest BCUT2D eigenvalue weighted by molar-refractivity contribution is 0.0931. The monoisotopic (exact) mass is 341 g/mol. The first-order chi connectivity index (χ1) is 12.1. The number of amides is 1. The van der Waals surface area contributed by atoms with Gasteiger partial charge in [0.15, 0.2) is 0 Å². The number of H-pyrrole nitrogens is 1. The Hall–Kier alpha value is -2.11. The van der Waals surface area contributed by atoms with Gasteiger partial charge in [0.1, 0.15) is 0 Å². The van der Waals surface area contributed by atoms with Gasteiger partial charge in [-0.15, -0.1) is 0 Å². The Bertz CT molecular complexity index is 769. The number of nitrogens with zero attached hydrogens (tertiary/aromatic N) is 3. The topological polar surface area (TPSA) is 75.6 Å². The minimum absolute atomic E-state index is 0.00423. The van der Waals surface area contributed by atoms with Crippen molar-refractivity contribution in [3.63, 3.8) is 0 Å². The molecule has 6 heteroatoms. The Labute approximate surface area is 148 Å². The maximum Gasteiger partial charge on any atom is 0.255 e. The van der Waals surface area contributed by atoms with Gasteiger partial charge in [-0.05, 0) is 39.0 Å². The fourth-order valence-electron chi connectivity index (χ4n) is 4.65. The number of carbonyl (C=O) groups excluding carboxylic acids is 1. The van der Waals surface area contributed by atoms with E-state index in [1.54, 1.807) is 6.20 Å². The van der Waals surface area contributed by atoms with E-state index in [2.05, 4.69) is 20.6 Å². The number of fused-ring (bicyclic) bond motifs is 1. The molecule has 6 nitrogen and oxygen atoms in total. The van der Waals surface area contributed by atoms with Crippen molar-refractivity contribution in [2.75, 3.05) is 0 Å².